The molecule has 0 saturated carbocycles. The Kier molecular flexibility index (Phi) is 5.04. The monoisotopic (exact) mass is 415 g/mol. The zero-order valence-electron chi connectivity index (χ0n) is 17.4. The first-order valence-corrected chi connectivity index (χ1v) is 9.73. The number of fused-ring (bicyclic) bond motifs is 3. The van der Waals surface area contributed by atoms with Crippen LogP contribution >= 0.6 is 0 Å². The van der Waals surface area contributed by atoms with Gasteiger partial charge >= 0.3 is 5.97 Å². The smallest absolute Gasteiger partial charge is 0.329 e. The van der Waals surface area contributed by atoms with Gasteiger partial charge in [-0.1, -0.05) is 30.4 Å². The van der Waals surface area contributed by atoms with Crippen molar-refractivity contribution in [1.82, 2.24) is 0 Å². The number of carbonyl (C=O) groups is 1. The number of anilines is 1. The van der Waals surface area contributed by atoms with Crippen molar-refractivity contribution in [2.75, 3.05) is 26.2 Å². The van der Waals surface area contributed by atoms with Gasteiger partial charge in [-0.25, -0.2) is 0 Å². The van der Waals surface area contributed by atoms with E-state index in [0.717, 1.165) is 11.3 Å². The number of esters is 1. The van der Waals surface area contributed by atoms with Gasteiger partial charge in [0.25, 0.3) is 0 Å². The minimum Gasteiger partial charge on any atom is -0.497 e. The second kappa shape index (κ2) is 7.70. The second-order valence-electron chi connectivity index (χ2n) is 7.44. The van der Waals surface area contributed by atoms with Crippen LogP contribution in [0, 0.1) is 28.1 Å². The molecule has 0 aromatic heterocycles. The fourth-order valence-corrected chi connectivity index (χ4v) is 4.78. The van der Waals surface area contributed by atoms with Crippen molar-refractivity contribution < 1.29 is 19.0 Å². The molecule has 2 aromatic carbocycles. The molecule has 2 aliphatic heterocycles. The molecule has 4 rings (SSSR count). The number of ether oxygens (including phenoxy) is 3. The zero-order valence-corrected chi connectivity index (χ0v) is 17.4. The Morgan fingerprint density at radius 1 is 1.06 bits per heavy atom. The average Bonchev–Trinajstić information content (AvgIpc) is 3.13. The van der Waals surface area contributed by atoms with Crippen LogP contribution in [0.3, 0.4) is 0 Å². The number of nitrogens with zero attached hydrogens (tertiary/aromatic N) is 3. The lowest BCUT2D eigenvalue weighted by Gasteiger charge is -2.35. The Bertz CT molecular complexity index is 1120. The Balaban J connectivity index is 2.02. The highest BCUT2D eigenvalue weighted by molar-refractivity contribution is 5.89. The Morgan fingerprint density at radius 3 is 2.32 bits per heavy atom. The van der Waals surface area contributed by atoms with Crippen LogP contribution in [-0.4, -0.2) is 39.4 Å². The van der Waals surface area contributed by atoms with E-state index < -0.39 is 29.4 Å². The molecule has 7 nitrogen and oxygen atoms in total. The number of hydrogen-bond acceptors (Lipinski definition) is 7. The molecule has 4 atom stereocenters. The van der Waals surface area contributed by atoms with E-state index in [0.29, 0.717) is 17.1 Å². The summed E-state index contributed by atoms with van der Waals surface area (Å²) in [5.41, 5.74) is 0.660. The van der Waals surface area contributed by atoms with Crippen LogP contribution in [0.5, 0.6) is 11.5 Å². The quantitative estimate of drug-likeness (QED) is 0.707. The minimum atomic E-state index is -1.64. The van der Waals surface area contributed by atoms with Gasteiger partial charge in [-0.3, -0.25) is 4.79 Å². The molecule has 156 valence electrons. The molecule has 0 N–H and O–H groups in total. The number of rotatable bonds is 4. The van der Waals surface area contributed by atoms with Crippen molar-refractivity contribution >= 4 is 17.7 Å². The first-order valence-electron chi connectivity index (χ1n) is 9.73. The molecular formula is C24H21N3O4. The lowest BCUT2D eigenvalue weighted by Crippen LogP contribution is -2.46. The van der Waals surface area contributed by atoms with Crippen LogP contribution in [-0.2, 0) is 9.53 Å². The normalized spacial score (nSPS) is 25.6. The summed E-state index contributed by atoms with van der Waals surface area (Å²) in [6.07, 6.45) is 3.69. The number of hydrogen-bond donors (Lipinski definition) is 0. The summed E-state index contributed by atoms with van der Waals surface area (Å²) in [4.78, 5) is 15.1. The SMILES string of the molecule is COC(=O)[C@@]1(C#N)[C@H](c2cc(OC)cc(OC)c2)[C@@H](C#N)N2c3ccccc3C=C[C@@H]21. The molecule has 2 aromatic rings. The summed E-state index contributed by atoms with van der Waals surface area (Å²) < 4.78 is 15.9. The molecule has 0 spiro atoms. The van der Waals surface area contributed by atoms with E-state index in [9.17, 15) is 15.3 Å². The van der Waals surface area contributed by atoms with Crippen LogP contribution in [0.15, 0.2) is 48.5 Å². The number of methoxy groups -OCH3 is 3. The number of benzene rings is 2. The Labute approximate surface area is 180 Å². The third kappa shape index (κ3) is 2.82. The van der Waals surface area contributed by atoms with Crippen LogP contribution < -0.4 is 14.4 Å². The van der Waals surface area contributed by atoms with Gasteiger partial charge in [-0.05, 0) is 29.3 Å². The summed E-state index contributed by atoms with van der Waals surface area (Å²) in [6, 6.07) is 15.9. The molecule has 1 fully saturated rings. The predicted octanol–water partition coefficient (Wildman–Crippen LogP) is 3.28. The lowest BCUT2D eigenvalue weighted by molar-refractivity contribution is -0.150. The van der Waals surface area contributed by atoms with E-state index in [4.69, 9.17) is 14.2 Å². The largest absolute Gasteiger partial charge is 0.497 e. The minimum absolute atomic E-state index is 0.503. The molecular weight excluding hydrogens is 394 g/mol. The first-order chi connectivity index (χ1) is 15.0. The fraction of sp³-hybridized carbons (Fsp3) is 0.292. The summed E-state index contributed by atoms with van der Waals surface area (Å²) in [5, 5.41) is 20.7. The van der Waals surface area contributed by atoms with Gasteiger partial charge in [0.2, 0.25) is 0 Å². The maximum absolute atomic E-state index is 13.2. The molecule has 0 radical (unpaired) electrons. The highest BCUT2D eigenvalue weighted by Gasteiger charge is 2.66. The Morgan fingerprint density at radius 2 is 1.74 bits per heavy atom. The third-order valence-corrected chi connectivity index (χ3v) is 6.12. The zero-order chi connectivity index (χ0) is 22.2. The van der Waals surface area contributed by atoms with Gasteiger partial charge in [0.1, 0.15) is 17.5 Å². The van der Waals surface area contributed by atoms with Gasteiger partial charge in [0, 0.05) is 17.7 Å². The molecule has 1 saturated heterocycles. The highest BCUT2D eigenvalue weighted by Crippen LogP contribution is 2.56. The van der Waals surface area contributed by atoms with E-state index >= 15 is 0 Å². The van der Waals surface area contributed by atoms with E-state index in [-0.39, 0.29) is 0 Å². The Hall–Kier alpha value is -3.97. The van der Waals surface area contributed by atoms with E-state index in [1.807, 2.05) is 41.3 Å². The summed E-state index contributed by atoms with van der Waals surface area (Å²) in [7, 11) is 4.30. The number of nitriles is 2. The van der Waals surface area contributed by atoms with Crippen molar-refractivity contribution in [3.05, 3.63) is 59.7 Å². The van der Waals surface area contributed by atoms with Crippen molar-refractivity contribution in [1.29, 1.82) is 10.5 Å². The average molecular weight is 415 g/mol. The van der Waals surface area contributed by atoms with Crippen molar-refractivity contribution in [3.8, 4) is 23.6 Å². The molecule has 2 heterocycles. The van der Waals surface area contributed by atoms with E-state index in [1.165, 1.54) is 21.3 Å². The lowest BCUT2D eigenvalue weighted by atomic mass is 9.69. The van der Waals surface area contributed by atoms with Crippen molar-refractivity contribution in [2.24, 2.45) is 5.41 Å². The predicted molar refractivity (Wildman–Crippen MR) is 113 cm³/mol. The standard InChI is InChI=1S/C24H21N3O4/c1-29-17-10-16(11-18(12-17)30-2)22-20(13-25)27-19-7-5-4-6-15(19)8-9-21(27)24(22,14-26)23(28)31-3/h4-12,20-22H,1-3H3/t20-,21-,22-,24-/m1/s1. The van der Waals surface area contributed by atoms with E-state index in [1.54, 1.807) is 18.2 Å². The van der Waals surface area contributed by atoms with Gasteiger partial charge in [-0.2, -0.15) is 10.5 Å². The molecule has 31 heavy (non-hydrogen) atoms. The number of para-hydroxylation sites is 1. The first kappa shape index (κ1) is 20.3. The number of carbonyl (C=O) groups excluding carboxylic acids is 1. The van der Waals surface area contributed by atoms with Crippen molar-refractivity contribution in [2.45, 2.75) is 18.0 Å². The fourth-order valence-electron chi connectivity index (χ4n) is 4.78. The van der Waals surface area contributed by atoms with Crippen LogP contribution in [0.4, 0.5) is 5.69 Å². The third-order valence-electron chi connectivity index (χ3n) is 6.12. The van der Waals surface area contributed by atoms with Crippen molar-refractivity contribution in [3.63, 3.8) is 0 Å². The second-order valence-corrected chi connectivity index (χ2v) is 7.44. The molecule has 0 bridgehead atoms. The van der Waals surface area contributed by atoms with Gasteiger partial charge in [0.05, 0.1) is 39.5 Å². The van der Waals surface area contributed by atoms with E-state index in [2.05, 4.69) is 12.1 Å². The molecule has 7 heteroatoms. The van der Waals surface area contributed by atoms with Gasteiger partial charge in [0.15, 0.2) is 5.41 Å². The van der Waals surface area contributed by atoms with Gasteiger partial charge in [-0.15, -0.1) is 0 Å². The highest BCUT2D eigenvalue weighted by atomic mass is 16.5. The molecule has 0 aliphatic carbocycles. The summed E-state index contributed by atoms with van der Waals surface area (Å²) in [6.45, 7) is 0. The van der Waals surface area contributed by atoms with Crippen LogP contribution in [0.1, 0.15) is 17.0 Å². The molecule has 0 amide bonds. The van der Waals surface area contributed by atoms with Crippen LogP contribution in [0.25, 0.3) is 6.08 Å². The maximum atomic E-state index is 13.2. The summed E-state index contributed by atoms with van der Waals surface area (Å²) in [5.74, 6) is -0.481. The molecule has 2 aliphatic rings. The topological polar surface area (TPSA) is 95.6 Å². The van der Waals surface area contributed by atoms with Gasteiger partial charge < -0.3 is 19.1 Å². The van der Waals surface area contributed by atoms with Crippen LogP contribution in [0.2, 0.25) is 0 Å². The maximum Gasteiger partial charge on any atom is 0.329 e. The molecule has 0 unspecified atom stereocenters. The summed E-state index contributed by atoms with van der Waals surface area (Å²) >= 11 is 0.